The maximum absolute atomic E-state index is 12.2. The van der Waals surface area contributed by atoms with Crippen LogP contribution in [0.3, 0.4) is 0 Å². The smallest absolute Gasteiger partial charge is 0.261 e. The van der Waals surface area contributed by atoms with Gasteiger partial charge in [0.1, 0.15) is 5.82 Å². The predicted octanol–water partition coefficient (Wildman–Crippen LogP) is 2.92. The van der Waals surface area contributed by atoms with E-state index in [1.165, 1.54) is 11.3 Å². The van der Waals surface area contributed by atoms with Crippen LogP contribution in [0, 0.1) is 6.92 Å². The van der Waals surface area contributed by atoms with Gasteiger partial charge in [-0.05, 0) is 25.5 Å². The first kappa shape index (κ1) is 13.5. The fourth-order valence-electron chi connectivity index (χ4n) is 1.55. The van der Waals surface area contributed by atoms with Crippen molar-refractivity contribution in [3.05, 3.63) is 35.0 Å². The van der Waals surface area contributed by atoms with Gasteiger partial charge in [-0.25, -0.2) is 9.97 Å². The van der Waals surface area contributed by atoms with E-state index in [2.05, 4.69) is 27.5 Å². The van der Waals surface area contributed by atoms with E-state index in [4.69, 9.17) is 0 Å². The van der Waals surface area contributed by atoms with E-state index in [1.54, 1.807) is 24.5 Å². The Kier molecular flexibility index (Phi) is 4.46. The highest BCUT2D eigenvalue weighted by Crippen LogP contribution is 2.19. The van der Waals surface area contributed by atoms with E-state index < -0.39 is 0 Å². The maximum atomic E-state index is 12.2. The largest absolute Gasteiger partial charge is 0.369 e. The molecule has 19 heavy (non-hydrogen) atoms. The van der Waals surface area contributed by atoms with Gasteiger partial charge >= 0.3 is 0 Å². The lowest BCUT2D eigenvalue weighted by molar-refractivity contribution is 0.102. The Morgan fingerprint density at radius 3 is 2.95 bits per heavy atom. The van der Waals surface area contributed by atoms with Crippen LogP contribution in [0.15, 0.2) is 24.5 Å². The molecule has 6 heteroatoms. The standard InChI is InChI=1S/C13H16N4OS/c1-3-6-14-11-10(5-4-7-15-11)12(18)17-13-16-8-9(2)19-13/h4-5,7-8H,3,6H2,1-2H3,(H,14,15)(H,16,17,18). The van der Waals surface area contributed by atoms with Crippen molar-refractivity contribution in [1.29, 1.82) is 0 Å². The highest BCUT2D eigenvalue weighted by Gasteiger charge is 2.13. The summed E-state index contributed by atoms with van der Waals surface area (Å²) in [5, 5.41) is 6.53. The van der Waals surface area contributed by atoms with E-state index in [-0.39, 0.29) is 5.91 Å². The molecular weight excluding hydrogens is 260 g/mol. The summed E-state index contributed by atoms with van der Waals surface area (Å²) in [6.07, 6.45) is 4.38. The van der Waals surface area contributed by atoms with Gasteiger partial charge < -0.3 is 5.32 Å². The van der Waals surface area contributed by atoms with Crippen LogP contribution in [0.2, 0.25) is 0 Å². The van der Waals surface area contributed by atoms with Crippen molar-refractivity contribution in [2.45, 2.75) is 20.3 Å². The molecule has 2 heterocycles. The third kappa shape index (κ3) is 3.51. The molecule has 0 fully saturated rings. The molecule has 2 aromatic heterocycles. The number of amides is 1. The highest BCUT2D eigenvalue weighted by atomic mass is 32.1. The van der Waals surface area contributed by atoms with Gasteiger partial charge in [0.15, 0.2) is 5.13 Å². The molecule has 0 unspecified atom stereocenters. The highest BCUT2D eigenvalue weighted by molar-refractivity contribution is 7.15. The quantitative estimate of drug-likeness (QED) is 0.881. The minimum absolute atomic E-state index is 0.193. The molecule has 0 atom stereocenters. The van der Waals surface area contributed by atoms with E-state index in [0.29, 0.717) is 16.5 Å². The number of hydrogen-bond acceptors (Lipinski definition) is 5. The molecule has 0 aliphatic rings. The third-order valence-corrected chi connectivity index (χ3v) is 3.26. The van der Waals surface area contributed by atoms with Crippen molar-refractivity contribution in [2.75, 3.05) is 17.2 Å². The van der Waals surface area contributed by atoms with Crippen LogP contribution in [0.25, 0.3) is 0 Å². The van der Waals surface area contributed by atoms with Crippen LogP contribution >= 0.6 is 11.3 Å². The number of carbonyl (C=O) groups is 1. The topological polar surface area (TPSA) is 66.9 Å². The van der Waals surface area contributed by atoms with Gasteiger partial charge in [-0.3, -0.25) is 10.1 Å². The van der Waals surface area contributed by atoms with Crippen LogP contribution in [-0.4, -0.2) is 22.4 Å². The van der Waals surface area contributed by atoms with Crippen molar-refractivity contribution in [3.8, 4) is 0 Å². The molecule has 2 N–H and O–H groups in total. The minimum atomic E-state index is -0.193. The molecule has 2 rings (SSSR count). The Morgan fingerprint density at radius 1 is 1.42 bits per heavy atom. The first-order valence-corrected chi connectivity index (χ1v) is 6.95. The SMILES string of the molecule is CCCNc1ncccc1C(=O)Nc1ncc(C)s1. The molecule has 0 aliphatic carbocycles. The van der Waals surface area contributed by atoms with Gasteiger partial charge in [0.05, 0.1) is 5.56 Å². The summed E-state index contributed by atoms with van der Waals surface area (Å²) in [7, 11) is 0. The molecule has 0 spiro atoms. The van der Waals surface area contributed by atoms with E-state index in [9.17, 15) is 4.79 Å². The van der Waals surface area contributed by atoms with Crippen molar-refractivity contribution in [3.63, 3.8) is 0 Å². The third-order valence-electron chi connectivity index (χ3n) is 2.44. The molecule has 0 aromatic carbocycles. The zero-order valence-corrected chi connectivity index (χ0v) is 11.8. The summed E-state index contributed by atoms with van der Waals surface area (Å²) >= 11 is 1.45. The number of nitrogens with one attached hydrogen (secondary N) is 2. The number of carbonyl (C=O) groups excluding carboxylic acids is 1. The Morgan fingerprint density at radius 2 is 2.26 bits per heavy atom. The number of hydrogen-bond donors (Lipinski definition) is 2. The molecule has 0 bridgehead atoms. The summed E-state index contributed by atoms with van der Waals surface area (Å²) in [6, 6.07) is 3.50. The molecule has 0 saturated heterocycles. The summed E-state index contributed by atoms with van der Waals surface area (Å²) in [6.45, 7) is 4.80. The Bertz CT molecular complexity index is 567. The molecule has 0 radical (unpaired) electrons. The zero-order chi connectivity index (χ0) is 13.7. The van der Waals surface area contributed by atoms with Crippen LogP contribution in [0.4, 0.5) is 10.9 Å². The van der Waals surface area contributed by atoms with Gasteiger partial charge in [-0.2, -0.15) is 0 Å². The number of anilines is 2. The number of pyridine rings is 1. The van der Waals surface area contributed by atoms with E-state index >= 15 is 0 Å². The summed E-state index contributed by atoms with van der Waals surface area (Å²) in [4.78, 5) is 21.6. The fraction of sp³-hybridized carbons (Fsp3) is 0.308. The average molecular weight is 276 g/mol. The Balaban J connectivity index is 2.14. The summed E-state index contributed by atoms with van der Waals surface area (Å²) in [5.74, 6) is 0.413. The van der Waals surface area contributed by atoms with Crippen molar-refractivity contribution < 1.29 is 4.79 Å². The molecule has 0 aliphatic heterocycles. The monoisotopic (exact) mass is 276 g/mol. The van der Waals surface area contributed by atoms with Gasteiger partial charge in [0.25, 0.3) is 5.91 Å². The number of nitrogens with zero attached hydrogens (tertiary/aromatic N) is 2. The second kappa shape index (κ2) is 6.29. The van der Waals surface area contributed by atoms with Gasteiger partial charge in [-0.1, -0.05) is 6.92 Å². The van der Waals surface area contributed by atoms with E-state index in [0.717, 1.165) is 17.8 Å². The van der Waals surface area contributed by atoms with Crippen LogP contribution in [-0.2, 0) is 0 Å². The molecule has 1 amide bonds. The lowest BCUT2D eigenvalue weighted by atomic mass is 10.2. The molecule has 100 valence electrons. The maximum Gasteiger partial charge on any atom is 0.261 e. The van der Waals surface area contributed by atoms with Crippen LogP contribution < -0.4 is 10.6 Å². The number of aryl methyl sites for hydroxylation is 1. The Hall–Kier alpha value is -1.95. The van der Waals surface area contributed by atoms with Gasteiger partial charge in [-0.15, -0.1) is 11.3 Å². The predicted molar refractivity (Wildman–Crippen MR) is 77.8 cm³/mol. The van der Waals surface area contributed by atoms with Crippen molar-refractivity contribution in [2.24, 2.45) is 0 Å². The fourth-order valence-corrected chi connectivity index (χ4v) is 2.21. The first-order chi connectivity index (χ1) is 9.20. The van der Waals surface area contributed by atoms with Gasteiger partial charge in [0, 0.05) is 23.8 Å². The lowest BCUT2D eigenvalue weighted by Crippen LogP contribution is -2.15. The normalized spacial score (nSPS) is 10.2. The second-order valence-electron chi connectivity index (χ2n) is 4.06. The summed E-state index contributed by atoms with van der Waals surface area (Å²) < 4.78 is 0. The number of rotatable bonds is 5. The van der Waals surface area contributed by atoms with Crippen LogP contribution in [0.5, 0.6) is 0 Å². The molecule has 0 saturated carbocycles. The Labute approximate surface area is 116 Å². The lowest BCUT2D eigenvalue weighted by Gasteiger charge is -2.09. The van der Waals surface area contributed by atoms with E-state index in [1.807, 2.05) is 6.92 Å². The van der Waals surface area contributed by atoms with Crippen molar-refractivity contribution >= 4 is 28.2 Å². The van der Waals surface area contributed by atoms with Gasteiger partial charge in [0.2, 0.25) is 0 Å². The average Bonchev–Trinajstić information content (AvgIpc) is 2.82. The molecular formula is C13H16N4OS. The zero-order valence-electron chi connectivity index (χ0n) is 10.9. The number of aromatic nitrogens is 2. The minimum Gasteiger partial charge on any atom is -0.369 e. The van der Waals surface area contributed by atoms with Crippen LogP contribution in [0.1, 0.15) is 28.6 Å². The first-order valence-electron chi connectivity index (χ1n) is 6.13. The molecule has 5 nitrogen and oxygen atoms in total. The second-order valence-corrected chi connectivity index (χ2v) is 5.29. The summed E-state index contributed by atoms with van der Waals surface area (Å²) in [5.41, 5.74) is 0.531. The number of thiazole rings is 1. The molecule has 2 aromatic rings. The van der Waals surface area contributed by atoms with Crippen molar-refractivity contribution in [1.82, 2.24) is 9.97 Å².